The fourth-order valence-electron chi connectivity index (χ4n) is 2.67. The van der Waals surface area contributed by atoms with E-state index in [4.69, 9.17) is 9.47 Å². The van der Waals surface area contributed by atoms with Crippen LogP contribution in [0.15, 0.2) is 58.6 Å². The van der Waals surface area contributed by atoms with E-state index in [-0.39, 0.29) is 16.7 Å². The molecule has 0 radical (unpaired) electrons. The summed E-state index contributed by atoms with van der Waals surface area (Å²) in [5.74, 6) is 0.292. The molecular weight excluding hydrogens is 409 g/mol. The number of halogens is 1. The minimum Gasteiger partial charge on any atom is -0.493 e. The Bertz CT molecular complexity index is 1130. The van der Waals surface area contributed by atoms with Crippen molar-refractivity contribution in [2.75, 3.05) is 25.3 Å². The fourth-order valence-corrected chi connectivity index (χ4v) is 3.37. The number of carbonyl (C=O) groups excluding carboxylic acids is 1. The summed E-state index contributed by atoms with van der Waals surface area (Å²) in [5, 5.41) is 2.88. The van der Waals surface area contributed by atoms with Gasteiger partial charge in [-0.15, -0.1) is 0 Å². The third kappa shape index (κ3) is 4.80. The number of nitrogens with one attached hydrogen (secondary N) is 1. The standard InChI is InChI=1S/C21H20FN3O4S/c1-13-4-6-15(11-16(13)22)25-9-8-23-20(21(25)27)30-12-19(26)24-14-5-7-17(28-2)18(10-14)29-3/h4-11H,12H2,1-3H3,(H,24,26). The van der Waals surface area contributed by atoms with Crippen LogP contribution in [0.1, 0.15) is 5.56 Å². The van der Waals surface area contributed by atoms with Crippen LogP contribution in [0.3, 0.4) is 0 Å². The number of aryl methyl sites for hydroxylation is 1. The van der Waals surface area contributed by atoms with E-state index in [1.54, 1.807) is 37.3 Å². The number of ether oxygens (including phenoxy) is 2. The van der Waals surface area contributed by atoms with Gasteiger partial charge in [-0.2, -0.15) is 0 Å². The molecule has 3 aromatic rings. The number of benzene rings is 2. The second-order valence-corrected chi connectivity index (χ2v) is 7.21. The Balaban J connectivity index is 1.71. The molecule has 2 aromatic carbocycles. The lowest BCUT2D eigenvalue weighted by Crippen LogP contribution is -2.22. The van der Waals surface area contributed by atoms with E-state index >= 15 is 0 Å². The molecule has 0 spiro atoms. The predicted octanol–water partition coefficient (Wildman–Crippen LogP) is 3.43. The number of methoxy groups -OCH3 is 2. The van der Waals surface area contributed by atoms with Gasteiger partial charge >= 0.3 is 0 Å². The summed E-state index contributed by atoms with van der Waals surface area (Å²) < 4.78 is 25.5. The molecule has 0 bridgehead atoms. The third-order valence-corrected chi connectivity index (χ3v) is 5.21. The molecule has 0 unspecified atom stereocenters. The van der Waals surface area contributed by atoms with Crippen molar-refractivity contribution in [3.05, 3.63) is 70.5 Å². The number of carbonyl (C=O) groups is 1. The molecule has 0 fully saturated rings. The minimum atomic E-state index is -0.426. The smallest absolute Gasteiger partial charge is 0.287 e. The summed E-state index contributed by atoms with van der Waals surface area (Å²) in [7, 11) is 3.03. The lowest BCUT2D eigenvalue weighted by Gasteiger charge is -2.11. The number of rotatable bonds is 7. The van der Waals surface area contributed by atoms with Crippen LogP contribution in [0.2, 0.25) is 0 Å². The van der Waals surface area contributed by atoms with Gasteiger partial charge in [0.1, 0.15) is 5.82 Å². The van der Waals surface area contributed by atoms with Crippen LogP contribution >= 0.6 is 11.8 Å². The van der Waals surface area contributed by atoms with Gasteiger partial charge in [-0.05, 0) is 36.8 Å². The molecule has 9 heteroatoms. The van der Waals surface area contributed by atoms with Crippen LogP contribution in [0.25, 0.3) is 5.69 Å². The molecule has 1 amide bonds. The Kier molecular flexibility index (Phi) is 6.73. The highest BCUT2D eigenvalue weighted by Crippen LogP contribution is 2.29. The first-order valence-corrected chi connectivity index (χ1v) is 9.90. The number of anilines is 1. The zero-order valence-corrected chi connectivity index (χ0v) is 17.5. The van der Waals surface area contributed by atoms with E-state index in [1.165, 1.54) is 37.2 Å². The number of thioether (sulfide) groups is 1. The summed E-state index contributed by atoms with van der Waals surface area (Å²) >= 11 is 1.00. The van der Waals surface area contributed by atoms with Gasteiger partial charge in [-0.25, -0.2) is 9.37 Å². The number of hydrogen-bond donors (Lipinski definition) is 1. The first-order chi connectivity index (χ1) is 14.4. The number of nitrogens with zero attached hydrogens (tertiary/aromatic N) is 2. The third-order valence-electron chi connectivity index (χ3n) is 4.25. The molecule has 0 aliphatic heterocycles. The zero-order valence-electron chi connectivity index (χ0n) is 16.6. The normalized spacial score (nSPS) is 10.5. The van der Waals surface area contributed by atoms with Crippen molar-refractivity contribution in [3.63, 3.8) is 0 Å². The molecule has 0 atom stereocenters. The van der Waals surface area contributed by atoms with Gasteiger partial charge in [-0.1, -0.05) is 17.8 Å². The van der Waals surface area contributed by atoms with Gasteiger partial charge in [0, 0.05) is 24.1 Å². The summed E-state index contributed by atoms with van der Waals surface area (Å²) in [6.45, 7) is 1.65. The topological polar surface area (TPSA) is 82.5 Å². The molecule has 1 aromatic heterocycles. The van der Waals surface area contributed by atoms with Gasteiger partial charge < -0.3 is 14.8 Å². The molecule has 0 saturated heterocycles. The molecule has 1 N–H and O–H groups in total. The molecule has 3 rings (SSSR count). The average Bonchev–Trinajstić information content (AvgIpc) is 2.75. The van der Waals surface area contributed by atoms with Crippen molar-refractivity contribution >= 4 is 23.4 Å². The molecule has 7 nitrogen and oxygen atoms in total. The second kappa shape index (κ2) is 9.45. The number of hydrogen-bond acceptors (Lipinski definition) is 6. The maximum absolute atomic E-state index is 13.9. The van der Waals surface area contributed by atoms with E-state index < -0.39 is 11.4 Å². The Morgan fingerprint density at radius 3 is 2.63 bits per heavy atom. The largest absolute Gasteiger partial charge is 0.493 e. The molecule has 0 aliphatic carbocycles. The Morgan fingerprint density at radius 1 is 1.17 bits per heavy atom. The van der Waals surface area contributed by atoms with Crippen LogP contribution in [0, 0.1) is 12.7 Å². The highest BCUT2D eigenvalue weighted by Gasteiger charge is 2.12. The molecule has 156 valence electrons. The Labute approximate surface area is 176 Å². The zero-order chi connectivity index (χ0) is 21.7. The molecule has 0 saturated carbocycles. The van der Waals surface area contributed by atoms with Crippen molar-refractivity contribution in [3.8, 4) is 17.2 Å². The van der Waals surface area contributed by atoms with Gasteiger partial charge in [0.05, 0.1) is 25.7 Å². The SMILES string of the molecule is COc1ccc(NC(=O)CSc2nccn(-c3ccc(C)c(F)c3)c2=O)cc1OC. The maximum atomic E-state index is 13.9. The maximum Gasteiger partial charge on any atom is 0.287 e. The quantitative estimate of drug-likeness (QED) is 0.580. The molecule has 0 aliphatic rings. The lowest BCUT2D eigenvalue weighted by atomic mass is 10.2. The van der Waals surface area contributed by atoms with Crippen LogP contribution in [-0.2, 0) is 4.79 Å². The molecule has 1 heterocycles. The van der Waals surface area contributed by atoms with Crippen LogP contribution in [0.5, 0.6) is 11.5 Å². The van der Waals surface area contributed by atoms with Gasteiger partial charge in [0.15, 0.2) is 16.5 Å². The van der Waals surface area contributed by atoms with Crippen molar-refractivity contribution in [2.24, 2.45) is 0 Å². The van der Waals surface area contributed by atoms with Crippen molar-refractivity contribution in [1.29, 1.82) is 0 Å². The first kappa shape index (κ1) is 21.4. The van der Waals surface area contributed by atoms with Crippen molar-refractivity contribution in [2.45, 2.75) is 11.9 Å². The highest BCUT2D eigenvalue weighted by molar-refractivity contribution is 7.99. The van der Waals surface area contributed by atoms with Crippen molar-refractivity contribution < 1.29 is 18.7 Å². The number of amides is 1. The summed E-state index contributed by atoms with van der Waals surface area (Å²) in [6.07, 6.45) is 2.90. The Hall–Kier alpha value is -3.33. The van der Waals surface area contributed by atoms with Crippen LogP contribution in [0.4, 0.5) is 10.1 Å². The van der Waals surface area contributed by atoms with E-state index in [9.17, 15) is 14.0 Å². The van der Waals surface area contributed by atoms with E-state index in [2.05, 4.69) is 10.3 Å². The first-order valence-electron chi connectivity index (χ1n) is 8.91. The fraction of sp³-hybridized carbons (Fsp3) is 0.190. The van der Waals surface area contributed by atoms with Gasteiger partial charge in [-0.3, -0.25) is 14.2 Å². The predicted molar refractivity (Wildman–Crippen MR) is 113 cm³/mol. The van der Waals surface area contributed by atoms with E-state index in [0.717, 1.165) is 11.8 Å². The van der Waals surface area contributed by atoms with Crippen LogP contribution in [-0.4, -0.2) is 35.4 Å². The van der Waals surface area contributed by atoms with Gasteiger partial charge in [0.2, 0.25) is 5.91 Å². The van der Waals surface area contributed by atoms with Crippen molar-refractivity contribution in [1.82, 2.24) is 9.55 Å². The van der Waals surface area contributed by atoms with Gasteiger partial charge in [0.25, 0.3) is 5.56 Å². The summed E-state index contributed by atoms with van der Waals surface area (Å²) in [5.41, 5.74) is 0.987. The number of aromatic nitrogens is 2. The summed E-state index contributed by atoms with van der Waals surface area (Å²) in [6, 6.07) is 9.54. The highest BCUT2D eigenvalue weighted by atomic mass is 32.2. The lowest BCUT2D eigenvalue weighted by molar-refractivity contribution is -0.113. The molecular formula is C21H20FN3O4S. The van der Waals surface area contributed by atoms with E-state index in [0.29, 0.717) is 28.4 Å². The minimum absolute atomic E-state index is 0.0249. The van der Waals surface area contributed by atoms with Crippen LogP contribution < -0.4 is 20.3 Å². The average molecular weight is 429 g/mol. The Morgan fingerprint density at radius 2 is 1.93 bits per heavy atom. The molecule has 30 heavy (non-hydrogen) atoms. The summed E-state index contributed by atoms with van der Waals surface area (Å²) in [4.78, 5) is 29.0. The van der Waals surface area contributed by atoms with E-state index in [1.807, 2.05) is 0 Å². The second-order valence-electron chi connectivity index (χ2n) is 6.25. The monoisotopic (exact) mass is 429 g/mol.